The molecular formula is C27H33ClN4O4. The zero-order valence-corrected chi connectivity index (χ0v) is 21.5. The van der Waals surface area contributed by atoms with Crippen molar-refractivity contribution in [3.63, 3.8) is 0 Å². The number of rotatable bonds is 12. The van der Waals surface area contributed by atoms with Crippen LogP contribution in [0, 0.1) is 0 Å². The molecule has 0 saturated carbocycles. The molecule has 2 aromatic carbocycles. The quantitative estimate of drug-likeness (QED) is 0.330. The summed E-state index contributed by atoms with van der Waals surface area (Å²) in [6.45, 7) is 7.91. The van der Waals surface area contributed by atoms with Gasteiger partial charge in [0, 0.05) is 55.5 Å². The number of carbonyl (C=O) groups is 1. The molecule has 9 heteroatoms. The molecule has 0 radical (unpaired) electrons. The van der Waals surface area contributed by atoms with Crippen molar-refractivity contribution >= 4 is 17.5 Å². The van der Waals surface area contributed by atoms with Crippen LogP contribution < -0.4 is 0 Å². The first kappa shape index (κ1) is 26.3. The molecular weight excluding hydrogens is 480 g/mol. The van der Waals surface area contributed by atoms with Crippen molar-refractivity contribution in [2.24, 2.45) is 0 Å². The second-order valence-corrected chi connectivity index (χ2v) is 9.24. The molecule has 1 aliphatic heterocycles. The molecule has 1 fully saturated rings. The lowest BCUT2D eigenvalue weighted by Crippen LogP contribution is -2.49. The van der Waals surface area contributed by atoms with Gasteiger partial charge in [-0.1, -0.05) is 60.4 Å². The Morgan fingerprint density at radius 2 is 1.78 bits per heavy atom. The Hall–Kier alpha value is -2.78. The van der Waals surface area contributed by atoms with Crippen molar-refractivity contribution in [3.05, 3.63) is 59.1 Å². The van der Waals surface area contributed by atoms with Gasteiger partial charge in [-0.3, -0.25) is 9.69 Å². The van der Waals surface area contributed by atoms with Gasteiger partial charge in [0.2, 0.25) is 11.7 Å². The SMILES string of the molecule is CCCCOCCOCC(=O)N1CCN(Cc2ccc(-c3noc(-c4cccc(Cl)c4)n3)cc2)CC1. The molecule has 0 atom stereocenters. The van der Waals surface area contributed by atoms with Gasteiger partial charge in [-0.15, -0.1) is 0 Å². The van der Waals surface area contributed by atoms with E-state index in [1.807, 2.05) is 29.2 Å². The average molecular weight is 513 g/mol. The van der Waals surface area contributed by atoms with E-state index in [9.17, 15) is 4.79 Å². The second kappa shape index (κ2) is 13.5. The molecule has 192 valence electrons. The standard InChI is InChI=1S/C27H33ClN4O4/c1-2-3-15-34-16-17-35-20-25(33)32-13-11-31(12-14-32)19-21-7-9-22(10-8-21)26-29-27(36-30-26)23-5-4-6-24(28)18-23/h4-10,18H,2-3,11-17,19-20H2,1H3. The summed E-state index contributed by atoms with van der Waals surface area (Å²) in [7, 11) is 0. The first-order chi connectivity index (χ1) is 17.6. The number of unbranched alkanes of at least 4 members (excludes halogenated alkanes) is 1. The molecule has 8 nitrogen and oxygen atoms in total. The number of ether oxygens (including phenoxy) is 2. The highest BCUT2D eigenvalue weighted by atomic mass is 35.5. The van der Waals surface area contributed by atoms with Gasteiger partial charge >= 0.3 is 0 Å². The fourth-order valence-corrected chi connectivity index (χ4v) is 4.16. The molecule has 1 amide bonds. The molecule has 1 aliphatic rings. The molecule has 0 aliphatic carbocycles. The maximum absolute atomic E-state index is 12.4. The van der Waals surface area contributed by atoms with E-state index >= 15 is 0 Å². The molecule has 0 unspecified atom stereocenters. The average Bonchev–Trinajstić information content (AvgIpc) is 3.39. The lowest BCUT2D eigenvalue weighted by Gasteiger charge is -2.34. The summed E-state index contributed by atoms with van der Waals surface area (Å²) in [5.74, 6) is 1.03. The van der Waals surface area contributed by atoms with Crippen LogP contribution >= 0.6 is 11.6 Å². The largest absolute Gasteiger partial charge is 0.379 e. The van der Waals surface area contributed by atoms with Crippen LogP contribution in [-0.4, -0.2) is 78.5 Å². The molecule has 0 spiro atoms. The van der Waals surface area contributed by atoms with Crippen LogP contribution in [-0.2, 0) is 20.8 Å². The highest BCUT2D eigenvalue weighted by molar-refractivity contribution is 6.30. The summed E-state index contributed by atoms with van der Waals surface area (Å²) in [5, 5.41) is 4.74. The van der Waals surface area contributed by atoms with Crippen LogP contribution in [0.1, 0.15) is 25.3 Å². The predicted octanol–water partition coefficient (Wildman–Crippen LogP) is 4.53. The van der Waals surface area contributed by atoms with Gasteiger partial charge in [-0.25, -0.2) is 0 Å². The Labute approximate surface area is 217 Å². The van der Waals surface area contributed by atoms with Gasteiger partial charge < -0.3 is 18.9 Å². The van der Waals surface area contributed by atoms with E-state index < -0.39 is 0 Å². The highest BCUT2D eigenvalue weighted by Crippen LogP contribution is 2.24. The lowest BCUT2D eigenvalue weighted by atomic mass is 10.1. The summed E-state index contributed by atoms with van der Waals surface area (Å²) < 4.78 is 16.3. The Kier molecular flexibility index (Phi) is 9.86. The lowest BCUT2D eigenvalue weighted by molar-refractivity contribution is -0.138. The molecule has 4 rings (SSSR count). The zero-order chi connectivity index (χ0) is 25.2. The number of piperazine rings is 1. The number of aromatic nitrogens is 2. The number of hydrogen-bond donors (Lipinski definition) is 0. The van der Waals surface area contributed by atoms with E-state index in [-0.39, 0.29) is 12.5 Å². The van der Waals surface area contributed by atoms with E-state index in [1.165, 1.54) is 5.56 Å². The number of amides is 1. The van der Waals surface area contributed by atoms with Crippen LogP contribution in [0.5, 0.6) is 0 Å². The predicted molar refractivity (Wildman–Crippen MR) is 139 cm³/mol. The van der Waals surface area contributed by atoms with E-state index in [2.05, 4.69) is 34.1 Å². The molecule has 36 heavy (non-hydrogen) atoms. The van der Waals surface area contributed by atoms with Crippen LogP contribution in [0.25, 0.3) is 22.8 Å². The Balaban J connectivity index is 1.19. The number of hydrogen-bond acceptors (Lipinski definition) is 7. The third-order valence-electron chi connectivity index (χ3n) is 6.08. The second-order valence-electron chi connectivity index (χ2n) is 8.81. The van der Waals surface area contributed by atoms with Gasteiger partial charge in [0.05, 0.1) is 13.2 Å². The first-order valence-electron chi connectivity index (χ1n) is 12.5. The summed E-state index contributed by atoms with van der Waals surface area (Å²) >= 11 is 6.06. The van der Waals surface area contributed by atoms with E-state index in [1.54, 1.807) is 12.1 Å². The molecule has 0 N–H and O–H groups in total. The minimum atomic E-state index is 0.0461. The first-order valence-corrected chi connectivity index (χ1v) is 12.8. The van der Waals surface area contributed by atoms with Crippen LogP contribution in [0.15, 0.2) is 53.1 Å². The minimum absolute atomic E-state index is 0.0461. The van der Waals surface area contributed by atoms with Gasteiger partial charge in [-0.2, -0.15) is 4.98 Å². The van der Waals surface area contributed by atoms with E-state index in [4.69, 9.17) is 25.6 Å². The van der Waals surface area contributed by atoms with Gasteiger partial charge in [-0.05, 0) is 30.2 Å². The van der Waals surface area contributed by atoms with Crippen molar-refractivity contribution in [1.29, 1.82) is 0 Å². The fourth-order valence-electron chi connectivity index (χ4n) is 3.97. The van der Waals surface area contributed by atoms with Crippen LogP contribution in [0.2, 0.25) is 5.02 Å². The fraction of sp³-hybridized carbons (Fsp3) is 0.444. The summed E-state index contributed by atoms with van der Waals surface area (Å²) in [4.78, 5) is 21.1. The van der Waals surface area contributed by atoms with Gasteiger partial charge in [0.1, 0.15) is 6.61 Å². The van der Waals surface area contributed by atoms with Crippen molar-refractivity contribution in [2.45, 2.75) is 26.3 Å². The Morgan fingerprint density at radius 1 is 1.00 bits per heavy atom. The minimum Gasteiger partial charge on any atom is -0.379 e. The number of nitrogens with zero attached hydrogens (tertiary/aromatic N) is 4. The number of carbonyl (C=O) groups excluding carboxylic acids is 1. The summed E-state index contributed by atoms with van der Waals surface area (Å²) in [6, 6.07) is 15.5. The smallest absolute Gasteiger partial charge is 0.258 e. The molecule has 0 bridgehead atoms. The van der Waals surface area contributed by atoms with Gasteiger partial charge in [0.15, 0.2) is 0 Å². The van der Waals surface area contributed by atoms with Crippen molar-refractivity contribution in [2.75, 3.05) is 52.6 Å². The number of halogens is 1. The highest BCUT2D eigenvalue weighted by Gasteiger charge is 2.21. The van der Waals surface area contributed by atoms with Crippen molar-refractivity contribution < 1.29 is 18.8 Å². The molecule has 2 heterocycles. The van der Waals surface area contributed by atoms with Crippen molar-refractivity contribution in [1.82, 2.24) is 19.9 Å². The molecule has 1 aromatic heterocycles. The van der Waals surface area contributed by atoms with E-state index in [0.717, 1.165) is 50.2 Å². The molecule has 1 saturated heterocycles. The number of benzene rings is 2. The summed E-state index contributed by atoms with van der Waals surface area (Å²) in [6.07, 6.45) is 2.17. The van der Waals surface area contributed by atoms with Crippen LogP contribution in [0.4, 0.5) is 0 Å². The Bertz CT molecular complexity index is 1100. The maximum Gasteiger partial charge on any atom is 0.258 e. The third kappa shape index (κ3) is 7.61. The maximum atomic E-state index is 12.4. The summed E-state index contributed by atoms with van der Waals surface area (Å²) in [5.41, 5.74) is 2.88. The monoisotopic (exact) mass is 512 g/mol. The third-order valence-corrected chi connectivity index (χ3v) is 6.32. The van der Waals surface area contributed by atoms with E-state index in [0.29, 0.717) is 43.0 Å². The van der Waals surface area contributed by atoms with Crippen molar-refractivity contribution in [3.8, 4) is 22.8 Å². The zero-order valence-electron chi connectivity index (χ0n) is 20.7. The van der Waals surface area contributed by atoms with Gasteiger partial charge in [0.25, 0.3) is 5.89 Å². The Morgan fingerprint density at radius 3 is 2.53 bits per heavy atom. The topological polar surface area (TPSA) is 80.9 Å². The normalized spacial score (nSPS) is 14.3. The molecule has 3 aromatic rings. The van der Waals surface area contributed by atoms with Crippen LogP contribution in [0.3, 0.4) is 0 Å².